The molecule has 9 N–H and O–H groups in total. The molecule has 43 heavy (non-hydrogen) atoms. The highest BCUT2D eigenvalue weighted by atomic mass is 16.4. The number of aldehydes is 1. The number of carbonyl (C=O) groups excluding carboxylic acids is 1. The fourth-order valence-electron chi connectivity index (χ4n) is 4.83. The summed E-state index contributed by atoms with van der Waals surface area (Å²) >= 11 is 0. The summed E-state index contributed by atoms with van der Waals surface area (Å²) in [6.07, 6.45) is 0.300. The standard InChI is InChI=1S/C15H29NO2.C8H10O8.C5H12O4/c1-13(2,10-17)12(18)11-8-14(3,4)16(7)15(5,6)9-11;9-5(10)1-3(7(13)14)4(8(15)16)2-6(11)12;6-1-5(2-7,3-8)4-9/h10-12,18H,8-9H2,1-7H3;3-4H,1-2H2,(H,9,10)(H,11,12)(H,13,14)(H,15,16);6-9H,1-4H2. The SMILES string of the molecule is CN1C(C)(C)CC(C(O)C(C)(C)C=O)CC1(C)C.O=C(O)CC(C(=O)O)C(CC(=O)O)C(=O)O.OCC(CO)(CO)CO. The summed E-state index contributed by atoms with van der Waals surface area (Å²) < 4.78 is 0. The van der Waals surface area contributed by atoms with Crippen LogP contribution in [0.5, 0.6) is 0 Å². The molecule has 15 nitrogen and oxygen atoms in total. The molecule has 0 aromatic carbocycles. The van der Waals surface area contributed by atoms with E-state index in [2.05, 4.69) is 39.6 Å². The molecule has 0 aliphatic carbocycles. The maximum atomic E-state index is 11.1. The number of nitrogens with zero attached hydrogens (tertiary/aromatic N) is 1. The molecular weight excluding hydrogens is 574 g/mol. The van der Waals surface area contributed by atoms with Gasteiger partial charge in [-0.2, -0.15) is 0 Å². The van der Waals surface area contributed by atoms with E-state index in [1.165, 1.54) is 0 Å². The van der Waals surface area contributed by atoms with Crippen LogP contribution in [0.2, 0.25) is 0 Å². The van der Waals surface area contributed by atoms with Gasteiger partial charge in [0.2, 0.25) is 0 Å². The third kappa shape index (κ3) is 13.2. The quantitative estimate of drug-likeness (QED) is 0.113. The number of carbonyl (C=O) groups is 5. The van der Waals surface area contributed by atoms with Crippen molar-refractivity contribution in [2.24, 2.45) is 28.6 Å². The second-order valence-corrected chi connectivity index (χ2v) is 13.0. The van der Waals surface area contributed by atoms with Crippen molar-refractivity contribution in [2.75, 3.05) is 33.5 Å². The van der Waals surface area contributed by atoms with E-state index < -0.39 is 91.9 Å². The molecular formula is C28H51NO14. The molecule has 252 valence electrons. The van der Waals surface area contributed by atoms with Gasteiger partial charge in [0.1, 0.15) is 6.29 Å². The normalized spacial score (nSPS) is 18.9. The first-order chi connectivity index (χ1) is 19.4. The van der Waals surface area contributed by atoms with E-state index in [0.29, 0.717) is 0 Å². The maximum absolute atomic E-state index is 11.1. The first-order valence-electron chi connectivity index (χ1n) is 13.6. The highest BCUT2D eigenvalue weighted by Crippen LogP contribution is 2.44. The fourth-order valence-corrected chi connectivity index (χ4v) is 4.83. The van der Waals surface area contributed by atoms with Gasteiger partial charge in [0.05, 0.1) is 62.6 Å². The number of aliphatic hydroxyl groups is 5. The summed E-state index contributed by atoms with van der Waals surface area (Å²) in [5, 5.41) is 78.5. The molecule has 1 fully saturated rings. The zero-order valence-electron chi connectivity index (χ0n) is 26.1. The molecule has 0 spiro atoms. The van der Waals surface area contributed by atoms with E-state index in [1.54, 1.807) is 0 Å². The number of piperidine rings is 1. The predicted octanol–water partition coefficient (Wildman–Crippen LogP) is -0.249. The molecule has 15 heteroatoms. The van der Waals surface area contributed by atoms with Gasteiger partial charge in [0.15, 0.2) is 0 Å². The van der Waals surface area contributed by atoms with Gasteiger partial charge in [0.25, 0.3) is 0 Å². The molecule has 3 unspecified atom stereocenters. The summed E-state index contributed by atoms with van der Waals surface area (Å²) in [6, 6.07) is 0. The average molecular weight is 626 g/mol. The molecule has 0 aromatic heterocycles. The molecule has 1 saturated heterocycles. The summed E-state index contributed by atoms with van der Waals surface area (Å²) in [5.41, 5.74) is -1.68. The van der Waals surface area contributed by atoms with Crippen molar-refractivity contribution in [1.82, 2.24) is 4.90 Å². The molecule has 0 bridgehead atoms. The summed E-state index contributed by atoms with van der Waals surface area (Å²) in [4.78, 5) is 55.4. The number of carboxylic acids is 4. The van der Waals surface area contributed by atoms with Crippen LogP contribution >= 0.6 is 0 Å². The lowest BCUT2D eigenvalue weighted by Gasteiger charge is -2.55. The third-order valence-electron chi connectivity index (χ3n) is 8.10. The molecule has 1 heterocycles. The molecule has 0 amide bonds. The topological polar surface area (TPSA) is 271 Å². The van der Waals surface area contributed by atoms with Gasteiger partial charge in [-0.1, -0.05) is 13.8 Å². The molecule has 0 aromatic rings. The smallest absolute Gasteiger partial charge is 0.307 e. The number of likely N-dealkylation sites (tertiary alicyclic amines) is 1. The van der Waals surface area contributed by atoms with Crippen molar-refractivity contribution in [2.45, 2.75) is 84.4 Å². The van der Waals surface area contributed by atoms with E-state index in [-0.39, 0.29) is 17.0 Å². The largest absolute Gasteiger partial charge is 0.481 e. The van der Waals surface area contributed by atoms with Gasteiger partial charge in [-0.3, -0.25) is 24.1 Å². The number of carboxylic acid groups (broad SMARTS) is 4. The highest BCUT2D eigenvalue weighted by molar-refractivity contribution is 5.86. The first kappa shape index (κ1) is 42.4. The molecule has 0 saturated carbocycles. The van der Waals surface area contributed by atoms with Crippen LogP contribution in [0.15, 0.2) is 0 Å². The van der Waals surface area contributed by atoms with Crippen LogP contribution in [0, 0.1) is 28.6 Å². The van der Waals surface area contributed by atoms with Crippen LogP contribution in [0.25, 0.3) is 0 Å². The average Bonchev–Trinajstić information content (AvgIpc) is 2.90. The van der Waals surface area contributed by atoms with Crippen molar-refractivity contribution in [3.8, 4) is 0 Å². The zero-order chi connectivity index (χ0) is 34.6. The minimum absolute atomic E-state index is 0.0480. The lowest BCUT2D eigenvalue weighted by atomic mass is 9.67. The molecule has 3 atom stereocenters. The minimum Gasteiger partial charge on any atom is -0.481 e. The second-order valence-electron chi connectivity index (χ2n) is 13.0. The van der Waals surface area contributed by atoms with Gasteiger partial charge in [-0.15, -0.1) is 0 Å². The van der Waals surface area contributed by atoms with E-state index in [0.717, 1.165) is 19.1 Å². The molecule has 1 aliphatic rings. The van der Waals surface area contributed by atoms with E-state index in [1.807, 2.05) is 13.8 Å². The Morgan fingerprint density at radius 3 is 1.26 bits per heavy atom. The predicted molar refractivity (Wildman–Crippen MR) is 152 cm³/mol. The fraction of sp³-hybridized carbons (Fsp3) is 0.821. The Bertz CT molecular complexity index is 861. The Morgan fingerprint density at radius 1 is 0.767 bits per heavy atom. The van der Waals surface area contributed by atoms with Gasteiger partial charge >= 0.3 is 23.9 Å². The second kappa shape index (κ2) is 17.6. The van der Waals surface area contributed by atoms with Crippen LogP contribution in [0.4, 0.5) is 0 Å². The molecule has 0 radical (unpaired) electrons. The number of rotatable bonds is 14. The molecule has 1 rings (SSSR count). The van der Waals surface area contributed by atoms with E-state index >= 15 is 0 Å². The van der Waals surface area contributed by atoms with Crippen LogP contribution in [-0.4, -0.2) is 132 Å². The van der Waals surface area contributed by atoms with Crippen molar-refractivity contribution >= 4 is 30.2 Å². The number of aliphatic hydroxyl groups excluding tert-OH is 5. The van der Waals surface area contributed by atoms with Crippen molar-refractivity contribution in [3.05, 3.63) is 0 Å². The molecule has 1 aliphatic heterocycles. The number of hydrogen-bond acceptors (Lipinski definition) is 11. The van der Waals surface area contributed by atoms with E-state index in [9.17, 15) is 29.1 Å². The van der Waals surface area contributed by atoms with Gasteiger partial charge in [-0.05, 0) is 53.5 Å². The van der Waals surface area contributed by atoms with Crippen molar-refractivity contribution in [1.29, 1.82) is 0 Å². The van der Waals surface area contributed by atoms with Crippen LogP contribution in [-0.2, 0) is 24.0 Å². The monoisotopic (exact) mass is 625 g/mol. The highest BCUT2D eigenvalue weighted by Gasteiger charge is 2.47. The lowest BCUT2D eigenvalue weighted by Crippen LogP contribution is -2.61. The van der Waals surface area contributed by atoms with E-state index in [4.69, 9.17) is 40.9 Å². The Balaban J connectivity index is 0. The zero-order valence-corrected chi connectivity index (χ0v) is 26.1. The third-order valence-corrected chi connectivity index (χ3v) is 8.10. The summed E-state index contributed by atoms with van der Waals surface area (Å²) in [6.45, 7) is 10.9. The Kier molecular flexibility index (Phi) is 17.3. The van der Waals surface area contributed by atoms with Crippen molar-refractivity contribution in [3.63, 3.8) is 0 Å². The van der Waals surface area contributed by atoms with Gasteiger partial charge in [0, 0.05) is 16.5 Å². The Hall–Kier alpha value is -2.69. The van der Waals surface area contributed by atoms with Gasteiger partial charge < -0.3 is 50.8 Å². The lowest BCUT2D eigenvalue weighted by molar-refractivity contribution is -0.160. The number of hydrogen-bond donors (Lipinski definition) is 9. The summed E-state index contributed by atoms with van der Waals surface area (Å²) in [5.74, 6) is -9.62. The van der Waals surface area contributed by atoms with Crippen LogP contribution in [0.1, 0.15) is 67.2 Å². The van der Waals surface area contributed by atoms with Gasteiger partial charge in [-0.25, -0.2) is 0 Å². The number of aliphatic carboxylic acids is 4. The van der Waals surface area contributed by atoms with Crippen LogP contribution < -0.4 is 0 Å². The maximum Gasteiger partial charge on any atom is 0.307 e. The van der Waals surface area contributed by atoms with Crippen LogP contribution in [0.3, 0.4) is 0 Å². The first-order valence-corrected chi connectivity index (χ1v) is 13.6. The summed E-state index contributed by atoms with van der Waals surface area (Å²) in [7, 11) is 2.15. The Morgan fingerprint density at radius 2 is 1.07 bits per heavy atom. The van der Waals surface area contributed by atoms with Crippen molar-refractivity contribution < 1.29 is 69.9 Å². The minimum atomic E-state index is -1.76. The Labute approximate surface area is 251 Å².